The molecule has 0 bridgehead atoms. The van der Waals surface area contributed by atoms with Crippen LogP contribution in [0.25, 0.3) is 0 Å². The van der Waals surface area contributed by atoms with E-state index in [2.05, 4.69) is 55.7 Å². The van der Waals surface area contributed by atoms with Crippen LogP contribution in [0.1, 0.15) is 59.1 Å². The Hall–Kier alpha value is -1.84. The maximum absolute atomic E-state index is 11.8. The van der Waals surface area contributed by atoms with Crippen LogP contribution in [0.15, 0.2) is 24.3 Å². The van der Waals surface area contributed by atoms with Crippen LogP contribution in [-0.4, -0.2) is 24.9 Å². The van der Waals surface area contributed by atoms with E-state index in [9.17, 15) is 9.59 Å². The summed E-state index contributed by atoms with van der Waals surface area (Å²) in [4.78, 5) is 23.5. The first-order chi connectivity index (χ1) is 11.0. The van der Waals surface area contributed by atoms with Crippen molar-refractivity contribution in [2.75, 3.05) is 13.1 Å². The molecule has 0 heterocycles. The van der Waals surface area contributed by atoms with Crippen molar-refractivity contribution in [2.24, 2.45) is 5.41 Å². The minimum Gasteiger partial charge on any atom is -0.356 e. The predicted octanol–water partition coefficient (Wildman–Crippen LogP) is 3.20. The van der Waals surface area contributed by atoms with Gasteiger partial charge in [0.05, 0.1) is 0 Å². The smallest absolute Gasteiger partial charge is 0.225 e. The average molecular weight is 332 g/mol. The molecule has 24 heavy (non-hydrogen) atoms. The normalized spacial score (nSPS) is 11.9. The third kappa shape index (κ3) is 7.16. The largest absolute Gasteiger partial charge is 0.356 e. The van der Waals surface area contributed by atoms with Gasteiger partial charge in [-0.05, 0) is 23.0 Å². The van der Waals surface area contributed by atoms with Crippen LogP contribution >= 0.6 is 0 Å². The minimum atomic E-state index is -0.421. The van der Waals surface area contributed by atoms with E-state index in [1.54, 1.807) is 0 Å². The highest BCUT2D eigenvalue weighted by molar-refractivity contribution is 5.82. The molecule has 0 aliphatic carbocycles. The monoisotopic (exact) mass is 332 g/mol. The molecule has 0 saturated carbocycles. The van der Waals surface area contributed by atoms with Gasteiger partial charge in [0.15, 0.2) is 0 Å². The molecule has 0 aliphatic rings. The summed E-state index contributed by atoms with van der Waals surface area (Å²) in [5.41, 5.74) is 2.26. The van der Waals surface area contributed by atoms with Gasteiger partial charge in [-0.2, -0.15) is 0 Å². The molecule has 4 nitrogen and oxygen atoms in total. The van der Waals surface area contributed by atoms with Gasteiger partial charge in [-0.15, -0.1) is 0 Å². The average Bonchev–Trinajstić information content (AvgIpc) is 2.45. The molecule has 2 amide bonds. The van der Waals surface area contributed by atoms with Crippen molar-refractivity contribution in [2.45, 2.75) is 59.8 Å². The lowest BCUT2D eigenvalue weighted by Gasteiger charge is -2.19. The number of carbonyl (C=O) groups excluding carboxylic acids is 2. The number of hydrogen-bond acceptors (Lipinski definition) is 2. The molecule has 1 aromatic rings. The molecule has 0 radical (unpaired) electrons. The van der Waals surface area contributed by atoms with Crippen LogP contribution in [0.4, 0.5) is 0 Å². The maximum atomic E-state index is 11.8. The first kappa shape index (κ1) is 20.2. The lowest BCUT2D eigenvalue weighted by atomic mass is 9.86. The fourth-order valence-electron chi connectivity index (χ4n) is 2.16. The van der Waals surface area contributed by atoms with E-state index in [0.29, 0.717) is 19.5 Å². The maximum Gasteiger partial charge on any atom is 0.225 e. The van der Waals surface area contributed by atoms with E-state index >= 15 is 0 Å². The molecule has 0 atom stereocenters. The fourth-order valence-corrected chi connectivity index (χ4v) is 2.16. The summed E-state index contributed by atoms with van der Waals surface area (Å²) in [5, 5.41) is 5.68. The summed E-state index contributed by atoms with van der Waals surface area (Å²) in [5.74, 6) is -0.0650. The molecule has 0 aromatic heterocycles. The molecule has 0 spiro atoms. The van der Waals surface area contributed by atoms with Crippen molar-refractivity contribution in [1.29, 1.82) is 0 Å². The second-order valence-electron chi connectivity index (χ2n) is 8.30. The highest BCUT2D eigenvalue weighted by atomic mass is 16.2. The molecule has 1 aromatic carbocycles. The predicted molar refractivity (Wildman–Crippen MR) is 98.9 cm³/mol. The van der Waals surface area contributed by atoms with Crippen molar-refractivity contribution in [3.63, 3.8) is 0 Å². The zero-order valence-electron chi connectivity index (χ0n) is 16.0. The number of amides is 2. The Bertz CT molecular complexity index is 548. The van der Waals surface area contributed by atoms with Crippen LogP contribution in [0.3, 0.4) is 0 Å². The Balaban J connectivity index is 2.27. The Morgan fingerprint density at radius 1 is 0.875 bits per heavy atom. The van der Waals surface area contributed by atoms with Crippen molar-refractivity contribution in [3.8, 4) is 0 Å². The van der Waals surface area contributed by atoms with Crippen LogP contribution in [-0.2, 0) is 21.4 Å². The van der Waals surface area contributed by atoms with Gasteiger partial charge in [-0.25, -0.2) is 0 Å². The fraction of sp³-hybridized carbons (Fsp3) is 0.600. The highest BCUT2D eigenvalue weighted by Crippen LogP contribution is 2.22. The van der Waals surface area contributed by atoms with Gasteiger partial charge >= 0.3 is 0 Å². The molecule has 0 fully saturated rings. The van der Waals surface area contributed by atoms with Crippen molar-refractivity contribution in [3.05, 3.63) is 35.4 Å². The van der Waals surface area contributed by atoms with Crippen molar-refractivity contribution < 1.29 is 9.59 Å². The van der Waals surface area contributed by atoms with E-state index in [1.165, 1.54) is 11.1 Å². The van der Waals surface area contributed by atoms with Gasteiger partial charge < -0.3 is 10.6 Å². The number of benzene rings is 1. The number of hydrogen-bond donors (Lipinski definition) is 2. The van der Waals surface area contributed by atoms with Gasteiger partial charge in [0.25, 0.3) is 0 Å². The Labute approximate surface area is 146 Å². The van der Waals surface area contributed by atoms with Gasteiger partial charge in [0.2, 0.25) is 11.8 Å². The van der Waals surface area contributed by atoms with Gasteiger partial charge in [0.1, 0.15) is 0 Å². The molecule has 2 N–H and O–H groups in total. The number of rotatable bonds is 6. The standard InChI is InChI=1S/C20H32N2O2/c1-19(2,3)16-9-7-15(8-10-16)11-13-21-17(23)12-14-22-18(24)20(4,5)6/h7-10H,11-14H2,1-6H3,(H,21,23)(H,22,24). The first-order valence-electron chi connectivity index (χ1n) is 8.64. The Morgan fingerprint density at radius 3 is 1.96 bits per heavy atom. The van der Waals surface area contributed by atoms with Crippen LogP contribution in [0.2, 0.25) is 0 Å². The molecule has 4 heteroatoms. The highest BCUT2D eigenvalue weighted by Gasteiger charge is 2.20. The van der Waals surface area contributed by atoms with Crippen LogP contribution in [0.5, 0.6) is 0 Å². The Kier molecular flexibility index (Phi) is 7.00. The molecule has 134 valence electrons. The number of nitrogens with one attached hydrogen (secondary N) is 2. The summed E-state index contributed by atoms with van der Waals surface area (Å²) in [6.45, 7) is 13.1. The second kappa shape index (κ2) is 8.32. The lowest BCUT2D eigenvalue weighted by molar-refractivity contribution is -0.128. The molecular weight excluding hydrogens is 300 g/mol. The van der Waals surface area contributed by atoms with Crippen LogP contribution in [0, 0.1) is 5.41 Å². The SMILES string of the molecule is CC(C)(C)C(=O)NCCC(=O)NCCc1ccc(C(C)(C)C)cc1. The van der Waals surface area contributed by atoms with E-state index in [4.69, 9.17) is 0 Å². The third-order valence-corrected chi connectivity index (χ3v) is 3.87. The van der Waals surface area contributed by atoms with Crippen molar-refractivity contribution >= 4 is 11.8 Å². The molecular formula is C20H32N2O2. The first-order valence-corrected chi connectivity index (χ1v) is 8.64. The quantitative estimate of drug-likeness (QED) is 0.840. The lowest BCUT2D eigenvalue weighted by Crippen LogP contribution is -2.37. The molecule has 0 saturated heterocycles. The molecule has 0 aliphatic heterocycles. The van der Waals surface area contributed by atoms with E-state index < -0.39 is 5.41 Å². The Morgan fingerprint density at radius 2 is 1.46 bits per heavy atom. The summed E-state index contributed by atoms with van der Waals surface area (Å²) in [6, 6.07) is 8.55. The summed E-state index contributed by atoms with van der Waals surface area (Å²) < 4.78 is 0. The number of carbonyl (C=O) groups is 2. The topological polar surface area (TPSA) is 58.2 Å². The van der Waals surface area contributed by atoms with E-state index in [0.717, 1.165) is 6.42 Å². The molecule has 0 unspecified atom stereocenters. The summed E-state index contributed by atoms with van der Waals surface area (Å²) in [6.07, 6.45) is 1.12. The zero-order chi connectivity index (χ0) is 18.4. The zero-order valence-corrected chi connectivity index (χ0v) is 16.0. The van der Waals surface area contributed by atoms with Crippen LogP contribution < -0.4 is 10.6 Å². The van der Waals surface area contributed by atoms with Gasteiger partial charge in [0, 0.05) is 24.9 Å². The van der Waals surface area contributed by atoms with Gasteiger partial charge in [-0.1, -0.05) is 65.8 Å². The second-order valence-corrected chi connectivity index (χ2v) is 8.30. The van der Waals surface area contributed by atoms with E-state index in [1.807, 2.05) is 20.8 Å². The summed E-state index contributed by atoms with van der Waals surface area (Å²) >= 11 is 0. The summed E-state index contributed by atoms with van der Waals surface area (Å²) in [7, 11) is 0. The molecule has 1 rings (SSSR count). The van der Waals surface area contributed by atoms with Crippen molar-refractivity contribution in [1.82, 2.24) is 10.6 Å². The third-order valence-electron chi connectivity index (χ3n) is 3.87. The minimum absolute atomic E-state index is 0.0319. The van der Waals surface area contributed by atoms with Gasteiger partial charge in [-0.3, -0.25) is 9.59 Å². The van der Waals surface area contributed by atoms with E-state index in [-0.39, 0.29) is 17.2 Å².